The maximum absolute atomic E-state index is 10.7. The molecule has 7 heteroatoms. The molecule has 0 spiro atoms. The minimum Gasteiger partial charge on any atom is -0.465 e. The van der Waals surface area contributed by atoms with E-state index < -0.39 is 11.0 Å². The molecule has 0 atom stereocenters. The molecule has 0 unspecified atom stereocenters. The number of anilines is 1. The van der Waals surface area contributed by atoms with Crippen molar-refractivity contribution < 1.29 is 14.8 Å². The number of aryl methyl sites for hydroxylation is 1. The summed E-state index contributed by atoms with van der Waals surface area (Å²) in [5.74, 6) is 1.55. The van der Waals surface area contributed by atoms with Crippen LogP contribution in [0.2, 0.25) is 0 Å². The first kappa shape index (κ1) is 16.8. The SMILES string of the molecule is O=C(O)Nc1cccc(CCSCc2cccc([N+](=O)[O-])c2)c1. The van der Waals surface area contributed by atoms with Crippen LogP contribution in [0.15, 0.2) is 48.5 Å². The molecule has 1 amide bonds. The van der Waals surface area contributed by atoms with Crippen LogP contribution in [0.25, 0.3) is 0 Å². The van der Waals surface area contributed by atoms with Crippen molar-refractivity contribution in [2.45, 2.75) is 12.2 Å². The van der Waals surface area contributed by atoms with E-state index >= 15 is 0 Å². The number of amides is 1. The van der Waals surface area contributed by atoms with Gasteiger partial charge in [-0.05, 0) is 35.4 Å². The second kappa shape index (κ2) is 8.19. The number of carboxylic acid groups (broad SMARTS) is 1. The molecule has 2 aromatic rings. The minimum atomic E-state index is -1.08. The van der Waals surface area contributed by atoms with Crippen molar-refractivity contribution in [1.29, 1.82) is 0 Å². The highest BCUT2D eigenvalue weighted by atomic mass is 32.2. The number of nitrogens with one attached hydrogen (secondary N) is 1. The monoisotopic (exact) mass is 332 g/mol. The summed E-state index contributed by atoms with van der Waals surface area (Å²) in [4.78, 5) is 20.9. The first-order valence-electron chi connectivity index (χ1n) is 6.94. The van der Waals surface area contributed by atoms with Gasteiger partial charge in [0.15, 0.2) is 0 Å². The van der Waals surface area contributed by atoms with Gasteiger partial charge in [-0.1, -0.05) is 24.3 Å². The maximum Gasteiger partial charge on any atom is 0.409 e. The van der Waals surface area contributed by atoms with Crippen LogP contribution in [0.4, 0.5) is 16.2 Å². The average molecular weight is 332 g/mol. The Morgan fingerprint density at radius 3 is 2.65 bits per heavy atom. The number of thioether (sulfide) groups is 1. The number of hydrogen-bond acceptors (Lipinski definition) is 4. The Hall–Kier alpha value is -2.54. The molecule has 0 saturated carbocycles. The van der Waals surface area contributed by atoms with Gasteiger partial charge in [0.05, 0.1) is 4.92 Å². The summed E-state index contributed by atoms with van der Waals surface area (Å²) in [5.41, 5.74) is 2.63. The van der Waals surface area contributed by atoms with E-state index in [4.69, 9.17) is 5.11 Å². The highest BCUT2D eigenvalue weighted by molar-refractivity contribution is 7.98. The zero-order valence-corrected chi connectivity index (χ0v) is 13.1. The van der Waals surface area contributed by atoms with Gasteiger partial charge >= 0.3 is 6.09 Å². The van der Waals surface area contributed by atoms with E-state index in [9.17, 15) is 14.9 Å². The molecule has 0 aliphatic rings. The Kier molecular flexibility index (Phi) is 5.99. The zero-order chi connectivity index (χ0) is 16.7. The molecule has 0 fully saturated rings. The number of hydrogen-bond donors (Lipinski definition) is 2. The van der Waals surface area contributed by atoms with Crippen LogP contribution in [0, 0.1) is 10.1 Å². The third-order valence-electron chi connectivity index (χ3n) is 3.10. The lowest BCUT2D eigenvalue weighted by atomic mass is 10.1. The van der Waals surface area contributed by atoms with E-state index in [1.54, 1.807) is 30.0 Å². The van der Waals surface area contributed by atoms with E-state index in [0.717, 1.165) is 23.3 Å². The quantitative estimate of drug-likeness (QED) is 0.451. The Balaban J connectivity index is 1.82. The molecule has 120 valence electrons. The third kappa shape index (κ3) is 5.63. The molecule has 0 aromatic heterocycles. The van der Waals surface area contributed by atoms with Crippen LogP contribution in [-0.4, -0.2) is 21.9 Å². The van der Waals surface area contributed by atoms with Gasteiger partial charge in [0, 0.05) is 23.6 Å². The summed E-state index contributed by atoms with van der Waals surface area (Å²) in [7, 11) is 0. The molecule has 23 heavy (non-hydrogen) atoms. The smallest absolute Gasteiger partial charge is 0.409 e. The second-order valence-electron chi connectivity index (χ2n) is 4.86. The molecule has 2 rings (SSSR count). The van der Waals surface area contributed by atoms with Crippen molar-refractivity contribution in [2.75, 3.05) is 11.1 Å². The summed E-state index contributed by atoms with van der Waals surface area (Å²) in [6.07, 6.45) is -0.281. The van der Waals surface area contributed by atoms with Crippen molar-refractivity contribution in [2.24, 2.45) is 0 Å². The van der Waals surface area contributed by atoms with E-state index in [-0.39, 0.29) is 5.69 Å². The fourth-order valence-electron chi connectivity index (χ4n) is 2.07. The Morgan fingerprint density at radius 1 is 1.17 bits per heavy atom. The fraction of sp³-hybridized carbons (Fsp3) is 0.188. The number of nitro benzene ring substituents is 1. The molecule has 2 aromatic carbocycles. The molecular formula is C16H16N2O4S. The van der Waals surface area contributed by atoms with Gasteiger partial charge in [0.2, 0.25) is 0 Å². The molecule has 0 radical (unpaired) electrons. The molecule has 6 nitrogen and oxygen atoms in total. The largest absolute Gasteiger partial charge is 0.465 e. The first-order valence-corrected chi connectivity index (χ1v) is 8.10. The average Bonchev–Trinajstić information content (AvgIpc) is 2.51. The van der Waals surface area contributed by atoms with Crippen molar-refractivity contribution in [1.82, 2.24) is 0 Å². The zero-order valence-electron chi connectivity index (χ0n) is 12.3. The molecule has 0 aliphatic heterocycles. The number of rotatable bonds is 7. The molecule has 2 N–H and O–H groups in total. The lowest BCUT2D eigenvalue weighted by molar-refractivity contribution is -0.384. The lowest BCUT2D eigenvalue weighted by Gasteiger charge is -2.05. The van der Waals surface area contributed by atoms with E-state index in [1.165, 1.54) is 6.07 Å². The van der Waals surface area contributed by atoms with Crippen LogP contribution >= 0.6 is 11.8 Å². The lowest BCUT2D eigenvalue weighted by Crippen LogP contribution is -2.07. The normalized spacial score (nSPS) is 10.3. The summed E-state index contributed by atoms with van der Waals surface area (Å²) >= 11 is 1.68. The Morgan fingerprint density at radius 2 is 1.91 bits per heavy atom. The number of benzene rings is 2. The highest BCUT2D eigenvalue weighted by Crippen LogP contribution is 2.19. The van der Waals surface area contributed by atoms with Crippen LogP contribution in [0.3, 0.4) is 0 Å². The van der Waals surface area contributed by atoms with Gasteiger partial charge in [0.25, 0.3) is 5.69 Å². The third-order valence-corrected chi connectivity index (χ3v) is 4.13. The summed E-state index contributed by atoms with van der Waals surface area (Å²) in [5, 5.41) is 21.7. The van der Waals surface area contributed by atoms with Crippen molar-refractivity contribution in [3.05, 3.63) is 69.8 Å². The maximum atomic E-state index is 10.7. The predicted octanol–water partition coefficient (Wildman–Crippen LogP) is 4.16. The van der Waals surface area contributed by atoms with Crippen molar-refractivity contribution in [3.8, 4) is 0 Å². The molecule has 0 heterocycles. The first-order chi connectivity index (χ1) is 11.0. The minimum absolute atomic E-state index is 0.107. The second-order valence-corrected chi connectivity index (χ2v) is 5.97. The molecule has 0 saturated heterocycles. The van der Waals surface area contributed by atoms with Gasteiger partial charge < -0.3 is 5.11 Å². The van der Waals surface area contributed by atoms with Gasteiger partial charge in [-0.15, -0.1) is 0 Å². The fourth-order valence-corrected chi connectivity index (χ4v) is 3.01. The number of carbonyl (C=O) groups is 1. The predicted molar refractivity (Wildman–Crippen MR) is 91.1 cm³/mol. The van der Waals surface area contributed by atoms with E-state index in [2.05, 4.69) is 5.32 Å². The number of nitrogens with zero attached hydrogens (tertiary/aromatic N) is 1. The van der Waals surface area contributed by atoms with Crippen LogP contribution in [-0.2, 0) is 12.2 Å². The van der Waals surface area contributed by atoms with Crippen LogP contribution < -0.4 is 5.32 Å². The van der Waals surface area contributed by atoms with Crippen LogP contribution in [0.1, 0.15) is 11.1 Å². The number of nitro groups is 1. The Labute approximate surface area is 137 Å². The standard InChI is InChI=1S/C16H16N2O4S/c19-16(20)17-14-5-1-3-12(9-14)7-8-23-11-13-4-2-6-15(10-13)18(21)22/h1-6,9-10,17H,7-8,11H2,(H,19,20). The topological polar surface area (TPSA) is 92.5 Å². The van der Waals surface area contributed by atoms with Gasteiger partial charge in [-0.25, -0.2) is 4.79 Å². The van der Waals surface area contributed by atoms with Crippen LogP contribution in [0.5, 0.6) is 0 Å². The van der Waals surface area contributed by atoms with Gasteiger partial charge in [-0.2, -0.15) is 11.8 Å². The van der Waals surface area contributed by atoms with Crippen molar-refractivity contribution >= 4 is 29.2 Å². The summed E-state index contributed by atoms with van der Waals surface area (Å²) in [6.45, 7) is 0. The molecule has 0 bridgehead atoms. The summed E-state index contributed by atoms with van der Waals surface area (Å²) in [6, 6.07) is 13.9. The highest BCUT2D eigenvalue weighted by Gasteiger charge is 2.05. The van der Waals surface area contributed by atoms with Gasteiger partial charge in [0.1, 0.15) is 0 Å². The van der Waals surface area contributed by atoms with Gasteiger partial charge in [-0.3, -0.25) is 15.4 Å². The van der Waals surface area contributed by atoms with E-state index in [0.29, 0.717) is 11.4 Å². The Bertz CT molecular complexity index is 706. The summed E-state index contributed by atoms with van der Waals surface area (Å²) < 4.78 is 0. The molecular weight excluding hydrogens is 316 g/mol. The van der Waals surface area contributed by atoms with Crippen molar-refractivity contribution in [3.63, 3.8) is 0 Å². The van der Waals surface area contributed by atoms with E-state index in [1.807, 2.05) is 24.3 Å². The molecule has 0 aliphatic carbocycles. The number of non-ortho nitro benzene ring substituents is 1.